The fraction of sp³-hybridized carbons (Fsp3) is 0.600. The van der Waals surface area contributed by atoms with Gasteiger partial charge in [0.25, 0.3) is 0 Å². The van der Waals surface area contributed by atoms with Gasteiger partial charge in [0.15, 0.2) is 11.7 Å². The fourth-order valence-electron chi connectivity index (χ4n) is 7.96. The second-order valence-electron chi connectivity index (χ2n) is 13.8. The summed E-state index contributed by atoms with van der Waals surface area (Å²) < 4.78 is 42.5. The maximum atomic E-state index is 13.9. The molecule has 2 aromatic rings. The van der Waals surface area contributed by atoms with Gasteiger partial charge in [0.1, 0.15) is 30.3 Å². The average molecular weight is 686 g/mol. The summed E-state index contributed by atoms with van der Waals surface area (Å²) in [5, 5.41) is 12.7. The van der Waals surface area contributed by atoms with Crippen molar-refractivity contribution in [2.45, 2.75) is 109 Å². The van der Waals surface area contributed by atoms with E-state index in [9.17, 15) is 29.1 Å². The van der Waals surface area contributed by atoms with E-state index in [1.807, 2.05) is 0 Å². The van der Waals surface area contributed by atoms with Gasteiger partial charge in [0.05, 0.1) is 28.9 Å². The van der Waals surface area contributed by atoms with Gasteiger partial charge < -0.3 is 37.9 Å². The first-order valence-corrected chi connectivity index (χ1v) is 16.3. The Morgan fingerprint density at radius 1 is 0.980 bits per heavy atom. The Morgan fingerprint density at radius 2 is 1.69 bits per heavy atom. The van der Waals surface area contributed by atoms with E-state index < -0.39 is 94.9 Å². The Kier molecular flexibility index (Phi) is 9.69. The number of furan rings is 1. The van der Waals surface area contributed by atoms with E-state index in [-0.39, 0.29) is 24.2 Å². The fourth-order valence-corrected chi connectivity index (χ4v) is 7.96. The van der Waals surface area contributed by atoms with Crippen LogP contribution in [0, 0.1) is 17.3 Å². The summed E-state index contributed by atoms with van der Waals surface area (Å²) in [6.45, 7) is 10.0. The molecule has 0 amide bonds. The van der Waals surface area contributed by atoms with E-state index in [0.29, 0.717) is 6.42 Å². The Morgan fingerprint density at radius 3 is 2.29 bits per heavy atom. The maximum Gasteiger partial charge on any atom is 0.374 e. The molecule has 2 bridgehead atoms. The predicted octanol–water partition coefficient (Wildman–Crippen LogP) is 3.59. The van der Waals surface area contributed by atoms with Gasteiger partial charge in [0, 0.05) is 38.6 Å². The predicted molar refractivity (Wildman–Crippen MR) is 167 cm³/mol. The Hall–Kier alpha value is -4.30. The molecule has 2 aliphatic carbocycles. The molecule has 0 radical (unpaired) electrons. The van der Waals surface area contributed by atoms with Crippen molar-refractivity contribution >= 4 is 29.8 Å². The molecule has 9 atom stereocenters. The zero-order valence-electron chi connectivity index (χ0n) is 28.6. The molecule has 2 aromatic heterocycles. The van der Waals surface area contributed by atoms with Crippen molar-refractivity contribution < 1.29 is 61.9 Å². The molecule has 2 unspecified atom stereocenters. The lowest BCUT2D eigenvalue weighted by atomic mass is 9.46. The summed E-state index contributed by atoms with van der Waals surface area (Å²) in [4.78, 5) is 70.4. The van der Waals surface area contributed by atoms with Gasteiger partial charge in [0.2, 0.25) is 5.76 Å². The third kappa shape index (κ3) is 6.09. The van der Waals surface area contributed by atoms with Crippen LogP contribution in [0.5, 0.6) is 0 Å². The number of aromatic nitrogens is 1. The molecule has 0 aromatic carbocycles. The molecule has 1 spiro atoms. The number of rotatable bonds is 10. The van der Waals surface area contributed by atoms with Crippen LogP contribution in [0.2, 0.25) is 0 Å². The summed E-state index contributed by atoms with van der Waals surface area (Å²) in [5.74, 6) is -5.36. The third-order valence-electron chi connectivity index (χ3n) is 10.2. The summed E-state index contributed by atoms with van der Waals surface area (Å²) in [5.41, 5.74) is -7.34. The SMILES string of the molecule is CCC(C)C(=O)OC[C@]12[C@@H](OC(=O)c3ccco3)C[C@@H]3C(OC(C)=O)[C@]1(OC3(C)C)[C@@](C)(O)C[C@H](OC(C)=O)[C@@H]2OC(=O)c1cccnc1. The monoisotopic (exact) mass is 685 g/mol. The molecule has 14 nitrogen and oxygen atoms in total. The van der Waals surface area contributed by atoms with Crippen molar-refractivity contribution in [1.82, 2.24) is 4.98 Å². The van der Waals surface area contributed by atoms with Crippen LogP contribution in [0.4, 0.5) is 0 Å². The molecule has 14 heteroatoms. The van der Waals surface area contributed by atoms with Gasteiger partial charge in [-0.3, -0.25) is 19.4 Å². The van der Waals surface area contributed by atoms with E-state index >= 15 is 0 Å². The number of hydrogen-bond acceptors (Lipinski definition) is 14. The van der Waals surface area contributed by atoms with E-state index in [0.717, 1.165) is 6.92 Å². The zero-order valence-corrected chi connectivity index (χ0v) is 28.6. The molecule has 3 heterocycles. The van der Waals surface area contributed by atoms with Crippen LogP contribution < -0.4 is 0 Å². The first-order chi connectivity index (χ1) is 23.0. The van der Waals surface area contributed by atoms with Crippen LogP contribution in [-0.4, -0.2) is 87.8 Å². The Bertz CT molecular complexity index is 1570. The number of carbonyl (C=O) groups is 5. The first-order valence-electron chi connectivity index (χ1n) is 16.3. The second kappa shape index (κ2) is 13.2. The van der Waals surface area contributed by atoms with Crippen LogP contribution in [0.15, 0.2) is 47.3 Å². The van der Waals surface area contributed by atoms with Crippen molar-refractivity contribution in [2.24, 2.45) is 17.3 Å². The van der Waals surface area contributed by atoms with Crippen molar-refractivity contribution in [3.05, 3.63) is 54.2 Å². The first kappa shape index (κ1) is 36.0. The normalized spacial score (nSPS) is 33.3. The van der Waals surface area contributed by atoms with E-state index in [1.165, 1.54) is 56.8 Å². The lowest BCUT2D eigenvalue weighted by Gasteiger charge is -2.65. The smallest absolute Gasteiger partial charge is 0.374 e. The molecule has 1 saturated heterocycles. The number of fused-ring (bicyclic) bond motifs is 1. The number of aliphatic hydroxyl groups is 1. The van der Waals surface area contributed by atoms with Crippen LogP contribution in [0.3, 0.4) is 0 Å². The highest BCUT2D eigenvalue weighted by atomic mass is 16.6. The standard InChI is InChI=1S/C35H43NO13/c1-8-19(2)29(39)44-18-34-26(47-31(41)24-12-10-14-43-24)15-23-27(46-21(4)38)35(34,49-32(23,5)6)33(7,42)16-25(45-20(3)37)28(34)48-30(40)22-11-9-13-36-17-22/h9-14,17,19,23,25-28,42H,8,15-16,18H2,1-7H3/t19?,23-,25+,26+,27?,28+,33+,34-,35+/m1/s1. The number of ether oxygens (including phenoxy) is 6. The highest BCUT2D eigenvalue weighted by molar-refractivity contribution is 5.89. The zero-order chi connectivity index (χ0) is 35.9. The van der Waals surface area contributed by atoms with Crippen molar-refractivity contribution in [3.63, 3.8) is 0 Å². The molecule has 49 heavy (non-hydrogen) atoms. The average Bonchev–Trinajstić information content (AvgIpc) is 3.63. The molecule has 3 fully saturated rings. The summed E-state index contributed by atoms with van der Waals surface area (Å²) in [6, 6.07) is 5.87. The van der Waals surface area contributed by atoms with E-state index in [1.54, 1.807) is 27.7 Å². The number of hydrogen-bond donors (Lipinski definition) is 1. The Labute approximate surface area is 283 Å². The van der Waals surface area contributed by atoms with Crippen LogP contribution in [-0.2, 0) is 42.8 Å². The number of pyridine rings is 1. The van der Waals surface area contributed by atoms with Crippen LogP contribution in [0.1, 0.15) is 88.6 Å². The minimum Gasteiger partial charge on any atom is -0.464 e. The lowest BCUT2D eigenvalue weighted by Crippen LogP contribution is -2.83. The summed E-state index contributed by atoms with van der Waals surface area (Å²) in [6.07, 6.45) is -1.64. The van der Waals surface area contributed by atoms with Gasteiger partial charge >= 0.3 is 29.8 Å². The van der Waals surface area contributed by atoms with E-state index in [2.05, 4.69) is 4.98 Å². The lowest BCUT2D eigenvalue weighted by molar-refractivity contribution is -0.354. The molecular formula is C35H43NO13. The molecular weight excluding hydrogens is 642 g/mol. The number of esters is 5. The second-order valence-corrected chi connectivity index (χ2v) is 13.8. The van der Waals surface area contributed by atoms with E-state index in [4.69, 9.17) is 32.8 Å². The largest absolute Gasteiger partial charge is 0.464 e. The quantitative estimate of drug-likeness (QED) is 0.282. The molecule has 3 aliphatic rings. The van der Waals surface area contributed by atoms with Crippen LogP contribution in [0.25, 0.3) is 0 Å². The van der Waals surface area contributed by atoms with Crippen molar-refractivity contribution in [3.8, 4) is 0 Å². The van der Waals surface area contributed by atoms with Gasteiger partial charge in [-0.25, -0.2) is 9.59 Å². The minimum absolute atomic E-state index is 0.0317. The van der Waals surface area contributed by atoms with Gasteiger partial charge in [-0.1, -0.05) is 13.8 Å². The number of carbonyl (C=O) groups excluding carboxylic acids is 5. The summed E-state index contributed by atoms with van der Waals surface area (Å²) in [7, 11) is 0. The highest BCUT2D eigenvalue weighted by Gasteiger charge is 2.86. The molecule has 1 aliphatic heterocycles. The highest BCUT2D eigenvalue weighted by Crippen LogP contribution is 2.69. The van der Waals surface area contributed by atoms with Gasteiger partial charge in [-0.15, -0.1) is 0 Å². The van der Waals surface area contributed by atoms with Gasteiger partial charge in [-0.05, 0) is 57.9 Å². The van der Waals surface area contributed by atoms with Crippen LogP contribution >= 0.6 is 0 Å². The topological polar surface area (TPSA) is 187 Å². The summed E-state index contributed by atoms with van der Waals surface area (Å²) >= 11 is 0. The van der Waals surface area contributed by atoms with Gasteiger partial charge in [-0.2, -0.15) is 0 Å². The Balaban J connectivity index is 1.82. The molecule has 1 N–H and O–H groups in total. The number of nitrogens with zero attached hydrogens (tertiary/aromatic N) is 1. The molecule has 266 valence electrons. The third-order valence-corrected chi connectivity index (χ3v) is 10.2. The van der Waals surface area contributed by atoms with Crippen molar-refractivity contribution in [1.29, 1.82) is 0 Å². The molecule has 5 rings (SSSR count). The van der Waals surface area contributed by atoms with Crippen molar-refractivity contribution in [2.75, 3.05) is 6.61 Å². The maximum absolute atomic E-state index is 13.9. The minimum atomic E-state index is -2.08. The molecule has 2 saturated carbocycles.